The first-order valence-electron chi connectivity index (χ1n) is 11.4. The van der Waals surface area contributed by atoms with E-state index >= 15 is 0 Å². The number of nitrogens with zero attached hydrogens (tertiary/aromatic N) is 4. The lowest BCUT2D eigenvalue weighted by Crippen LogP contribution is -2.25. The summed E-state index contributed by atoms with van der Waals surface area (Å²) < 4.78 is 24.8. The van der Waals surface area contributed by atoms with Crippen LogP contribution >= 0.6 is 0 Å². The van der Waals surface area contributed by atoms with Gasteiger partial charge in [0.15, 0.2) is 0 Å². The molecule has 0 radical (unpaired) electrons. The Hall–Kier alpha value is -3.77. The molecule has 2 heterocycles. The Morgan fingerprint density at radius 1 is 1.06 bits per heavy atom. The fourth-order valence-electron chi connectivity index (χ4n) is 3.43. The summed E-state index contributed by atoms with van der Waals surface area (Å²) in [5, 5.41) is 6.34. The molecule has 1 amide bonds. The Bertz CT molecular complexity index is 1300. The summed E-state index contributed by atoms with van der Waals surface area (Å²) >= 11 is 0. The SMILES string of the molecule is CCONC(=O)c1cnc(Nc2cc(C)nc(C)n2)cc1Nc1ccc(C(C)C)cc1N(C)[SH](=O)=O. The van der Waals surface area contributed by atoms with Gasteiger partial charge in [-0.25, -0.2) is 28.8 Å². The molecule has 0 aliphatic heterocycles. The molecule has 0 aliphatic rings. The third-order valence-electron chi connectivity index (χ3n) is 5.23. The summed E-state index contributed by atoms with van der Waals surface area (Å²) in [6, 6.07) is 8.93. The summed E-state index contributed by atoms with van der Waals surface area (Å²) in [4.78, 5) is 30.8. The van der Waals surface area contributed by atoms with Gasteiger partial charge in [0.05, 0.1) is 29.2 Å². The molecule has 0 spiro atoms. The molecule has 11 nitrogen and oxygen atoms in total. The number of rotatable bonds is 10. The van der Waals surface area contributed by atoms with Gasteiger partial charge in [0, 0.05) is 31.1 Å². The Balaban J connectivity index is 2.07. The molecule has 0 saturated heterocycles. The van der Waals surface area contributed by atoms with Gasteiger partial charge in [-0.3, -0.25) is 13.9 Å². The highest BCUT2D eigenvalue weighted by Gasteiger charge is 2.18. The van der Waals surface area contributed by atoms with E-state index < -0.39 is 16.8 Å². The van der Waals surface area contributed by atoms with Gasteiger partial charge in [-0.15, -0.1) is 0 Å². The molecular weight excluding hydrogens is 482 g/mol. The van der Waals surface area contributed by atoms with E-state index in [0.29, 0.717) is 34.5 Å². The van der Waals surface area contributed by atoms with E-state index in [4.69, 9.17) is 4.84 Å². The molecule has 3 N–H and O–H groups in total. The Morgan fingerprint density at radius 2 is 1.81 bits per heavy atom. The highest BCUT2D eigenvalue weighted by Crippen LogP contribution is 2.33. The number of thiol groups is 1. The smallest absolute Gasteiger partial charge is 0.278 e. The normalized spacial score (nSPS) is 11.0. The van der Waals surface area contributed by atoms with Crippen LogP contribution in [0.2, 0.25) is 0 Å². The Labute approximate surface area is 212 Å². The maximum Gasteiger partial charge on any atom is 0.278 e. The number of hydrogen-bond acceptors (Lipinski definition) is 9. The fourth-order valence-corrected chi connectivity index (χ4v) is 3.77. The predicted octanol–water partition coefficient (Wildman–Crippen LogP) is 3.74. The van der Waals surface area contributed by atoms with Crippen molar-refractivity contribution in [3.63, 3.8) is 0 Å². The molecule has 0 bridgehead atoms. The number of aryl methyl sites for hydroxylation is 2. The van der Waals surface area contributed by atoms with E-state index in [1.165, 1.54) is 13.2 Å². The minimum Gasteiger partial charge on any atom is -0.353 e. The lowest BCUT2D eigenvalue weighted by molar-refractivity contribution is 0.0365. The largest absolute Gasteiger partial charge is 0.353 e. The van der Waals surface area contributed by atoms with Gasteiger partial charge in [0.1, 0.15) is 17.5 Å². The van der Waals surface area contributed by atoms with Crippen LogP contribution in [0.4, 0.5) is 28.7 Å². The standard InChI is InChI=1S/C24H31N7O4S/c1-7-35-30-24(32)18-13-25-22(29-23-10-15(4)26-16(5)27-23)12-20(18)28-19-9-8-17(14(2)3)11-21(19)31(6)36(33)34/h8-14,36H,7H2,1-6H3,(H,30,32)(H2,25,26,27,28,29). The number of carbonyl (C=O) groups excluding carboxylic acids is 1. The average Bonchev–Trinajstić information content (AvgIpc) is 2.81. The Kier molecular flexibility index (Phi) is 8.78. The van der Waals surface area contributed by atoms with Crippen molar-refractivity contribution in [1.29, 1.82) is 0 Å². The van der Waals surface area contributed by atoms with Gasteiger partial charge in [-0.05, 0) is 44.4 Å². The van der Waals surface area contributed by atoms with Crippen LogP contribution in [0.3, 0.4) is 0 Å². The predicted molar refractivity (Wildman–Crippen MR) is 141 cm³/mol. The zero-order valence-corrected chi connectivity index (χ0v) is 22.0. The molecule has 0 unspecified atom stereocenters. The number of benzene rings is 1. The van der Waals surface area contributed by atoms with Crippen molar-refractivity contribution in [3.05, 3.63) is 59.2 Å². The number of hydroxylamine groups is 1. The van der Waals surface area contributed by atoms with E-state index in [2.05, 4.69) is 31.1 Å². The molecule has 12 heteroatoms. The van der Waals surface area contributed by atoms with Crippen molar-refractivity contribution < 1.29 is 18.0 Å². The van der Waals surface area contributed by atoms with Crippen LogP contribution in [0.1, 0.15) is 54.1 Å². The lowest BCUT2D eigenvalue weighted by Gasteiger charge is -2.21. The van der Waals surface area contributed by atoms with Gasteiger partial charge in [0.25, 0.3) is 5.91 Å². The quantitative estimate of drug-likeness (QED) is 0.236. The monoisotopic (exact) mass is 513 g/mol. The van der Waals surface area contributed by atoms with E-state index in [1.54, 1.807) is 32.0 Å². The third-order valence-corrected chi connectivity index (χ3v) is 5.94. The van der Waals surface area contributed by atoms with Gasteiger partial charge in [0.2, 0.25) is 10.9 Å². The number of pyridine rings is 1. The van der Waals surface area contributed by atoms with Gasteiger partial charge < -0.3 is 10.6 Å². The van der Waals surface area contributed by atoms with E-state index in [0.717, 1.165) is 15.6 Å². The topological polar surface area (TPSA) is 138 Å². The number of anilines is 5. The number of aromatic nitrogens is 3. The van der Waals surface area contributed by atoms with Crippen molar-refractivity contribution in [2.45, 2.75) is 40.5 Å². The number of amides is 1. The van der Waals surface area contributed by atoms with Crippen LogP contribution in [0, 0.1) is 13.8 Å². The van der Waals surface area contributed by atoms with Gasteiger partial charge >= 0.3 is 0 Å². The van der Waals surface area contributed by atoms with E-state index in [-0.39, 0.29) is 18.1 Å². The minimum atomic E-state index is -2.88. The number of carbonyl (C=O) groups is 1. The van der Waals surface area contributed by atoms with Crippen molar-refractivity contribution >= 4 is 45.5 Å². The molecule has 3 rings (SSSR count). The summed E-state index contributed by atoms with van der Waals surface area (Å²) in [7, 11) is -1.41. The molecule has 0 atom stereocenters. The van der Waals surface area contributed by atoms with Crippen LogP contribution in [0.15, 0.2) is 36.5 Å². The number of hydrogen-bond donors (Lipinski definition) is 4. The minimum absolute atomic E-state index is 0.194. The fraction of sp³-hybridized carbons (Fsp3) is 0.333. The third kappa shape index (κ3) is 6.67. The zero-order chi connectivity index (χ0) is 26.4. The van der Waals surface area contributed by atoms with Crippen molar-refractivity contribution in [2.75, 3.05) is 28.6 Å². The first kappa shape index (κ1) is 26.8. The molecule has 2 aromatic heterocycles. The first-order valence-corrected chi connectivity index (χ1v) is 12.5. The highest BCUT2D eigenvalue weighted by molar-refractivity contribution is 7.74. The molecule has 36 heavy (non-hydrogen) atoms. The molecule has 0 aliphatic carbocycles. The molecule has 192 valence electrons. The van der Waals surface area contributed by atoms with Crippen molar-refractivity contribution in [2.24, 2.45) is 0 Å². The van der Waals surface area contributed by atoms with Crippen molar-refractivity contribution in [3.8, 4) is 0 Å². The van der Waals surface area contributed by atoms with Crippen LogP contribution in [-0.4, -0.2) is 42.9 Å². The average molecular weight is 514 g/mol. The second-order valence-corrected chi connectivity index (χ2v) is 9.44. The summed E-state index contributed by atoms with van der Waals surface area (Å²) in [5.74, 6) is 1.27. The summed E-state index contributed by atoms with van der Waals surface area (Å²) in [6.07, 6.45) is 1.40. The van der Waals surface area contributed by atoms with Gasteiger partial charge in [-0.2, -0.15) is 0 Å². The van der Waals surface area contributed by atoms with Crippen LogP contribution in [-0.2, 0) is 15.7 Å². The zero-order valence-electron chi connectivity index (χ0n) is 21.1. The molecule has 0 saturated carbocycles. The van der Waals surface area contributed by atoms with E-state index in [1.807, 2.05) is 32.9 Å². The molecule has 1 aromatic carbocycles. The second-order valence-electron chi connectivity index (χ2n) is 8.36. The molecule has 0 fully saturated rings. The maximum atomic E-state index is 12.8. The van der Waals surface area contributed by atoms with Crippen LogP contribution < -0.4 is 20.4 Å². The van der Waals surface area contributed by atoms with Crippen molar-refractivity contribution in [1.82, 2.24) is 20.4 Å². The van der Waals surface area contributed by atoms with Crippen LogP contribution in [0.25, 0.3) is 0 Å². The van der Waals surface area contributed by atoms with Crippen LogP contribution in [0.5, 0.6) is 0 Å². The van der Waals surface area contributed by atoms with Gasteiger partial charge in [-0.1, -0.05) is 19.9 Å². The summed E-state index contributed by atoms with van der Waals surface area (Å²) in [6.45, 7) is 9.74. The number of nitrogens with one attached hydrogen (secondary N) is 3. The lowest BCUT2D eigenvalue weighted by atomic mass is 10.0. The summed E-state index contributed by atoms with van der Waals surface area (Å²) in [5.41, 5.74) is 5.67. The maximum absolute atomic E-state index is 12.8. The molecule has 3 aromatic rings. The highest BCUT2D eigenvalue weighted by atomic mass is 32.2. The first-order chi connectivity index (χ1) is 17.1. The Morgan fingerprint density at radius 3 is 2.44 bits per heavy atom. The van der Waals surface area contributed by atoms with E-state index in [9.17, 15) is 13.2 Å². The molecular formula is C24H31N7O4S. The second kappa shape index (κ2) is 11.8.